The Morgan fingerprint density at radius 3 is 2.72 bits per heavy atom. The van der Waals surface area contributed by atoms with Crippen LogP contribution in [0.4, 0.5) is 5.69 Å². The number of anilines is 1. The minimum Gasteiger partial charge on any atom is -0.312 e. The molecule has 6 heteroatoms. The van der Waals surface area contributed by atoms with Gasteiger partial charge >= 0.3 is 0 Å². The van der Waals surface area contributed by atoms with Crippen LogP contribution in [0.25, 0.3) is 0 Å². The van der Waals surface area contributed by atoms with Gasteiger partial charge in [-0.1, -0.05) is 12.1 Å². The molecule has 1 aromatic carbocycles. The summed E-state index contributed by atoms with van der Waals surface area (Å²) in [5, 5.41) is 0. The van der Waals surface area contributed by atoms with Gasteiger partial charge in [-0.05, 0) is 18.2 Å². The number of benzene rings is 1. The van der Waals surface area contributed by atoms with E-state index in [0.29, 0.717) is 18.7 Å². The molecule has 1 aromatic rings. The summed E-state index contributed by atoms with van der Waals surface area (Å²) in [4.78, 5) is 13.1. The van der Waals surface area contributed by atoms with Crippen molar-refractivity contribution in [3.63, 3.8) is 0 Å². The van der Waals surface area contributed by atoms with Crippen LogP contribution in [0, 0.1) is 5.92 Å². The van der Waals surface area contributed by atoms with Gasteiger partial charge in [-0.15, -0.1) is 6.58 Å². The number of rotatable bonds is 3. The molecule has 2 rings (SSSR count). The van der Waals surface area contributed by atoms with Crippen molar-refractivity contribution in [2.75, 3.05) is 11.4 Å². The minimum atomic E-state index is -4.25. The third kappa shape index (κ3) is 2.44. The van der Waals surface area contributed by atoms with E-state index >= 15 is 0 Å². The smallest absolute Gasteiger partial charge is 0.294 e. The zero-order valence-corrected chi connectivity index (χ0v) is 10.4. The fourth-order valence-corrected chi connectivity index (χ4v) is 2.47. The van der Waals surface area contributed by atoms with Gasteiger partial charge in [0, 0.05) is 24.6 Å². The van der Waals surface area contributed by atoms with Crippen LogP contribution in [0.2, 0.25) is 0 Å². The van der Waals surface area contributed by atoms with Gasteiger partial charge in [0.25, 0.3) is 10.1 Å². The highest BCUT2D eigenvalue weighted by Crippen LogP contribution is 2.27. The lowest BCUT2D eigenvalue weighted by molar-refractivity contribution is -0.117. The quantitative estimate of drug-likeness (QED) is 0.664. The molecule has 1 atom stereocenters. The van der Waals surface area contributed by atoms with Gasteiger partial charge in [0.2, 0.25) is 5.91 Å². The predicted molar refractivity (Wildman–Crippen MR) is 66.9 cm³/mol. The molecule has 0 aromatic heterocycles. The van der Waals surface area contributed by atoms with Gasteiger partial charge < -0.3 is 4.90 Å². The molecule has 0 spiro atoms. The molecule has 5 nitrogen and oxygen atoms in total. The largest absolute Gasteiger partial charge is 0.312 e. The summed E-state index contributed by atoms with van der Waals surface area (Å²) in [6.45, 7) is 4.13. The first kappa shape index (κ1) is 12.8. The van der Waals surface area contributed by atoms with E-state index in [9.17, 15) is 13.2 Å². The molecule has 0 bridgehead atoms. The van der Waals surface area contributed by atoms with E-state index in [4.69, 9.17) is 4.55 Å². The van der Waals surface area contributed by atoms with Crippen LogP contribution in [0.15, 0.2) is 41.8 Å². The van der Waals surface area contributed by atoms with E-state index in [1.54, 1.807) is 12.1 Å². The highest BCUT2D eigenvalue weighted by atomic mass is 32.2. The fourth-order valence-electron chi connectivity index (χ4n) is 1.95. The standard InChI is InChI=1S/C12H13NO4S/c1-2-9-6-12(14)13(8-9)10-4-3-5-11(7-10)18(15,16)17/h2-5,7,9H,1,6,8H2,(H,15,16,17). The number of carbonyl (C=O) groups excluding carboxylic acids is 1. The van der Waals surface area contributed by atoms with Crippen LogP contribution < -0.4 is 4.90 Å². The van der Waals surface area contributed by atoms with Crippen molar-refractivity contribution >= 4 is 21.7 Å². The predicted octanol–water partition coefficient (Wildman–Crippen LogP) is 1.47. The summed E-state index contributed by atoms with van der Waals surface area (Å²) >= 11 is 0. The third-order valence-electron chi connectivity index (χ3n) is 2.92. The molecule has 0 radical (unpaired) electrons. The summed E-state index contributed by atoms with van der Waals surface area (Å²) in [6, 6.07) is 5.70. The first-order chi connectivity index (χ1) is 8.41. The number of nitrogens with zero attached hydrogens (tertiary/aromatic N) is 1. The maximum atomic E-state index is 11.8. The van der Waals surface area contributed by atoms with Crippen molar-refractivity contribution in [2.45, 2.75) is 11.3 Å². The Hall–Kier alpha value is -1.66. The summed E-state index contributed by atoms with van der Waals surface area (Å²) in [5.74, 6) is -0.000669. The molecule has 0 aliphatic carbocycles. The summed E-state index contributed by atoms with van der Waals surface area (Å²) in [7, 11) is -4.25. The molecule has 1 unspecified atom stereocenters. The van der Waals surface area contributed by atoms with Crippen molar-refractivity contribution in [1.29, 1.82) is 0 Å². The summed E-state index contributed by atoms with van der Waals surface area (Å²) in [5.41, 5.74) is 0.472. The average molecular weight is 267 g/mol. The Kier molecular flexibility index (Phi) is 3.23. The lowest BCUT2D eigenvalue weighted by atomic mass is 10.1. The molecule has 1 heterocycles. The number of hydrogen-bond acceptors (Lipinski definition) is 3. The Balaban J connectivity index is 2.35. The molecule has 18 heavy (non-hydrogen) atoms. The molecule has 0 saturated carbocycles. The van der Waals surface area contributed by atoms with Crippen molar-refractivity contribution in [1.82, 2.24) is 0 Å². The average Bonchev–Trinajstić information content (AvgIpc) is 2.70. The summed E-state index contributed by atoms with van der Waals surface area (Å²) < 4.78 is 31.0. The van der Waals surface area contributed by atoms with Crippen molar-refractivity contribution < 1.29 is 17.8 Å². The van der Waals surface area contributed by atoms with E-state index in [1.165, 1.54) is 23.1 Å². The molecule has 1 aliphatic rings. The van der Waals surface area contributed by atoms with Crippen LogP contribution in [0.3, 0.4) is 0 Å². The third-order valence-corrected chi connectivity index (χ3v) is 3.77. The summed E-state index contributed by atoms with van der Waals surface area (Å²) in [6.07, 6.45) is 2.09. The topological polar surface area (TPSA) is 74.7 Å². The number of carbonyl (C=O) groups is 1. The molecular weight excluding hydrogens is 254 g/mol. The van der Waals surface area contributed by atoms with E-state index in [-0.39, 0.29) is 16.7 Å². The second-order valence-corrected chi connectivity index (χ2v) is 5.60. The van der Waals surface area contributed by atoms with Crippen LogP contribution >= 0.6 is 0 Å². The van der Waals surface area contributed by atoms with Gasteiger partial charge in [-0.25, -0.2) is 0 Å². The zero-order valence-electron chi connectivity index (χ0n) is 9.61. The highest BCUT2D eigenvalue weighted by Gasteiger charge is 2.29. The van der Waals surface area contributed by atoms with Gasteiger partial charge in [-0.3, -0.25) is 9.35 Å². The normalized spacial score (nSPS) is 20.2. The van der Waals surface area contributed by atoms with E-state index in [1.807, 2.05) is 0 Å². The SMILES string of the molecule is C=CC1CC(=O)N(c2cccc(S(=O)(=O)O)c2)C1. The van der Waals surface area contributed by atoms with Gasteiger partial charge in [0.1, 0.15) is 0 Å². The fraction of sp³-hybridized carbons (Fsp3) is 0.250. The molecule has 1 amide bonds. The van der Waals surface area contributed by atoms with Crippen molar-refractivity contribution in [2.24, 2.45) is 5.92 Å². The first-order valence-electron chi connectivity index (χ1n) is 5.42. The maximum Gasteiger partial charge on any atom is 0.294 e. The van der Waals surface area contributed by atoms with Crippen LogP contribution in [0.5, 0.6) is 0 Å². The van der Waals surface area contributed by atoms with Crippen LogP contribution in [-0.2, 0) is 14.9 Å². The van der Waals surface area contributed by atoms with Gasteiger partial charge in [-0.2, -0.15) is 8.42 Å². The Morgan fingerprint density at radius 2 is 2.17 bits per heavy atom. The zero-order chi connectivity index (χ0) is 13.3. The lowest BCUT2D eigenvalue weighted by Crippen LogP contribution is -2.24. The molecular formula is C12H13NO4S. The van der Waals surface area contributed by atoms with E-state index in [0.717, 1.165) is 0 Å². The molecule has 1 saturated heterocycles. The molecule has 1 N–H and O–H groups in total. The minimum absolute atomic E-state index is 0.0758. The second-order valence-electron chi connectivity index (χ2n) is 4.18. The molecule has 1 fully saturated rings. The molecule has 1 aliphatic heterocycles. The Labute approximate surface area is 105 Å². The Bertz CT molecular complexity index is 594. The lowest BCUT2D eigenvalue weighted by Gasteiger charge is -2.16. The first-order valence-corrected chi connectivity index (χ1v) is 6.86. The van der Waals surface area contributed by atoms with Crippen molar-refractivity contribution in [3.8, 4) is 0 Å². The number of amides is 1. The van der Waals surface area contributed by atoms with E-state index < -0.39 is 10.1 Å². The molecule has 96 valence electrons. The van der Waals surface area contributed by atoms with Crippen LogP contribution in [-0.4, -0.2) is 25.4 Å². The highest BCUT2D eigenvalue weighted by molar-refractivity contribution is 7.85. The second kappa shape index (κ2) is 4.55. The Morgan fingerprint density at radius 1 is 1.44 bits per heavy atom. The van der Waals surface area contributed by atoms with Gasteiger partial charge in [0.15, 0.2) is 0 Å². The number of hydrogen-bond donors (Lipinski definition) is 1. The van der Waals surface area contributed by atoms with Gasteiger partial charge in [0.05, 0.1) is 4.90 Å². The maximum absolute atomic E-state index is 11.8. The monoisotopic (exact) mass is 267 g/mol. The van der Waals surface area contributed by atoms with Crippen molar-refractivity contribution in [3.05, 3.63) is 36.9 Å². The van der Waals surface area contributed by atoms with Crippen LogP contribution in [0.1, 0.15) is 6.42 Å². The van der Waals surface area contributed by atoms with E-state index in [2.05, 4.69) is 6.58 Å².